The lowest BCUT2D eigenvalue weighted by molar-refractivity contribution is 0.0684. The fourth-order valence-electron chi connectivity index (χ4n) is 3.55. The predicted octanol–water partition coefficient (Wildman–Crippen LogP) is 1.95. The summed E-state index contributed by atoms with van der Waals surface area (Å²) in [6.07, 6.45) is 1.53. The lowest BCUT2D eigenvalue weighted by Crippen LogP contribution is -2.30. The highest BCUT2D eigenvalue weighted by atomic mass is 16.5. The highest BCUT2D eigenvalue weighted by molar-refractivity contribution is 5.99. The fraction of sp³-hybridized carbons (Fsp3) is 0.389. The van der Waals surface area contributed by atoms with Gasteiger partial charge in [-0.25, -0.2) is 0 Å². The second-order valence-corrected chi connectivity index (χ2v) is 6.32. The number of aromatic amines is 1. The molecule has 4 rings (SSSR count). The van der Waals surface area contributed by atoms with Gasteiger partial charge in [0.05, 0.1) is 30.5 Å². The van der Waals surface area contributed by atoms with E-state index < -0.39 is 0 Å². The molecule has 8 heteroatoms. The number of para-hydroxylation sites is 1. The van der Waals surface area contributed by atoms with Crippen molar-refractivity contribution in [3.8, 4) is 0 Å². The average Bonchev–Trinajstić information content (AvgIpc) is 3.39. The Kier molecular flexibility index (Phi) is 4.44. The third-order valence-corrected chi connectivity index (χ3v) is 4.85. The number of nitrogens with zero attached hydrogens (tertiary/aromatic N) is 3. The molecule has 0 aliphatic carbocycles. The molecule has 26 heavy (non-hydrogen) atoms. The number of benzene rings is 1. The van der Waals surface area contributed by atoms with E-state index in [1.807, 2.05) is 24.3 Å². The topological polar surface area (TPSA) is 93.5 Å². The summed E-state index contributed by atoms with van der Waals surface area (Å²) in [6.45, 7) is 1.27. The Hall–Kier alpha value is -2.71. The molecule has 1 amide bonds. The standard InChI is InChI=1S/C18H20N4O4/c1-24-10-13-11-5-3-4-6-15(11)26-17(13)18(23)22-8-12(16(9-22)25-2)14-7-19-21-20-14/h3-7,12,16H,8-10H2,1-2H3,(H,19,20,21)/t12-,16+/m0/s1. The van der Waals surface area contributed by atoms with Gasteiger partial charge in [-0.05, 0) is 6.07 Å². The zero-order chi connectivity index (χ0) is 18.1. The summed E-state index contributed by atoms with van der Waals surface area (Å²) in [4.78, 5) is 14.9. The number of fused-ring (bicyclic) bond motifs is 1. The van der Waals surface area contributed by atoms with Gasteiger partial charge in [-0.3, -0.25) is 4.79 Å². The molecule has 0 radical (unpaired) electrons. The Labute approximate surface area is 150 Å². The van der Waals surface area contributed by atoms with Crippen molar-refractivity contribution in [2.75, 3.05) is 27.3 Å². The van der Waals surface area contributed by atoms with Crippen LogP contribution in [-0.4, -0.2) is 59.6 Å². The van der Waals surface area contributed by atoms with Crippen molar-refractivity contribution in [1.82, 2.24) is 20.3 Å². The summed E-state index contributed by atoms with van der Waals surface area (Å²) in [7, 11) is 3.25. The number of H-pyrrole nitrogens is 1. The predicted molar refractivity (Wildman–Crippen MR) is 92.8 cm³/mol. The van der Waals surface area contributed by atoms with Gasteiger partial charge in [0.25, 0.3) is 5.91 Å². The molecule has 1 saturated heterocycles. The fourth-order valence-corrected chi connectivity index (χ4v) is 3.55. The number of hydrogen-bond acceptors (Lipinski definition) is 6. The van der Waals surface area contributed by atoms with E-state index in [4.69, 9.17) is 13.9 Å². The van der Waals surface area contributed by atoms with Crippen molar-refractivity contribution in [3.05, 3.63) is 47.5 Å². The molecular formula is C18H20N4O4. The van der Waals surface area contributed by atoms with Crippen molar-refractivity contribution >= 4 is 16.9 Å². The molecule has 0 spiro atoms. The monoisotopic (exact) mass is 356 g/mol. The van der Waals surface area contributed by atoms with E-state index >= 15 is 0 Å². The molecule has 2 aromatic heterocycles. The van der Waals surface area contributed by atoms with E-state index in [1.54, 1.807) is 25.3 Å². The van der Waals surface area contributed by atoms with Crippen molar-refractivity contribution in [2.45, 2.75) is 18.6 Å². The van der Waals surface area contributed by atoms with E-state index in [9.17, 15) is 4.79 Å². The van der Waals surface area contributed by atoms with Gasteiger partial charge < -0.3 is 18.8 Å². The number of rotatable bonds is 5. The molecule has 1 aromatic carbocycles. The van der Waals surface area contributed by atoms with Crippen LogP contribution in [0.25, 0.3) is 11.0 Å². The molecule has 0 bridgehead atoms. The van der Waals surface area contributed by atoms with E-state index in [-0.39, 0.29) is 17.9 Å². The second kappa shape index (κ2) is 6.89. The maximum atomic E-state index is 13.2. The highest BCUT2D eigenvalue weighted by Gasteiger charge is 2.39. The van der Waals surface area contributed by atoms with Crippen LogP contribution in [0.3, 0.4) is 0 Å². The second-order valence-electron chi connectivity index (χ2n) is 6.32. The number of carbonyl (C=O) groups is 1. The van der Waals surface area contributed by atoms with E-state index in [0.29, 0.717) is 31.0 Å². The van der Waals surface area contributed by atoms with Crippen molar-refractivity contribution in [3.63, 3.8) is 0 Å². The molecule has 136 valence electrons. The molecule has 1 aliphatic heterocycles. The smallest absolute Gasteiger partial charge is 0.290 e. The summed E-state index contributed by atoms with van der Waals surface area (Å²) in [6, 6.07) is 7.59. The van der Waals surface area contributed by atoms with Crippen LogP contribution >= 0.6 is 0 Å². The first-order chi connectivity index (χ1) is 12.7. The summed E-state index contributed by atoms with van der Waals surface area (Å²) < 4.78 is 16.7. The van der Waals surface area contributed by atoms with Gasteiger partial charge in [0.15, 0.2) is 5.76 Å². The van der Waals surface area contributed by atoms with Gasteiger partial charge in [0.1, 0.15) is 5.58 Å². The van der Waals surface area contributed by atoms with Gasteiger partial charge >= 0.3 is 0 Å². The van der Waals surface area contributed by atoms with Crippen molar-refractivity contribution in [2.24, 2.45) is 0 Å². The van der Waals surface area contributed by atoms with E-state index in [0.717, 1.165) is 16.6 Å². The van der Waals surface area contributed by atoms with Gasteiger partial charge in [-0.1, -0.05) is 18.2 Å². The normalized spacial score (nSPS) is 20.2. The third kappa shape index (κ3) is 2.77. The number of hydrogen-bond donors (Lipinski definition) is 1. The Morgan fingerprint density at radius 2 is 2.19 bits per heavy atom. The van der Waals surface area contributed by atoms with Crippen LogP contribution in [0.4, 0.5) is 0 Å². The lowest BCUT2D eigenvalue weighted by Gasteiger charge is -2.15. The SMILES string of the molecule is COCc1c(C(=O)N2C[C@@H](OC)[C@H](c3cn[nH]n3)C2)oc2ccccc12. The summed E-state index contributed by atoms with van der Waals surface area (Å²) in [5.41, 5.74) is 2.24. The number of aromatic nitrogens is 3. The van der Waals surface area contributed by atoms with Crippen molar-refractivity contribution in [1.29, 1.82) is 0 Å². The van der Waals surface area contributed by atoms with Crippen LogP contribution < -0.4 is 0 Å². The van der Waals surface area contributed by atoms with Gasteiger partial charge in [0.2, 0.25) is 0 Å². The maximum absolute atomic E-state index is 13.2. The van der Waals surface area contributed by atoms with Crippen LogP contribution in [0.2, 0.25) is 0 Å². The zero-order valence-electron chi connectivity index (χ0n) is 14.6. The minimum Gasteiger partial charge on any atom is -0.451 e. The van der Waals surface area contributed by atoms with Crippen LogP contribution in [0, 0.1) is 0 Å². The van der Waals surface area contributed by atoms with Crippen LogP contribution in [0.1, 0.15) is 27.7 Å². The van der Waals surface area contributed by atoms with Gasteiger partial charge in [-0.15, -0.1) is 0 Å². The Bertz CT molecular complexity index is 905. The lowest BCUT2D eigenvalue weighted by atomic mass is 10.0. The molecule has 1 N–H and O–H groups in total. The number of likely N-dealkylation sites (tertiary alicyclic amines) is 1. The quantitative estimate of drug-likeness (QED) is 0.751. The number of methoxy groups -OCH3 is 2. The van der Waals surface area contributed by atoms with E-state index in [2.05, 4.69) is 15.4 Å². The van der Waals surface area contributed by atoms with Crippen LogP contribution in [-0.2, 0) is 16.1 Å². The highest BCUT2D eigenvalue weighted by Crippen LogP contribution is 2.32. The van der Waals surface area contributed by atoms with Crippen LogP contribution in [0.5, 0.6) is 0 Å². The van der Waals surface area contributed by atoms with Gasteiger partial charge in [-0.2, -0.15) is 15.4 Å². The number of furan rings is 1. The summed E-state index contributed by atoms with van der Waals surface area (Å²) >= 11 is 0. The Morgan fingerprint density at radius 1 is 1.35 bits per heavy atom. The van der Waals surface area contributed by atoms with Crippen molar-refractivity contribution < 1.29 is 18.7 Å². The first-order valence-electron chi connectivity index (χ1n) is 8.40. The summed E-state index contributed by atoms with van der Waals surface area (Å²) in [5.74, 6) is 0.128. The average molecular weight is 356 g/mol. The zero-order valence-corrected chi connectivity index (χ0v) is 14.6. The number of ether oxygens (including phenoxy) is 2. The Morgan fingerprint density at radius 3 is 2.92 bits per heavy atom. The first kappa shape index (κ1) is 16.7. The Balaban J connectivity index is 1.66. The largest absolute Gasteiger partial charge is 0.451 e. The first-order valence-corrected chi connectivity index (χ1v) is 8.40. The maximum Gasteiger partial charge on any atom is 0.290 e. The van der Waals surface area contributed by atoms with Crippen LogP contribution in [0.15, 0.2) is 34.9 Å². The molecule has 0 unspecified atom stereocenters. The van der Waals surface area contributed by atoms with E-state index in [1.165, 1.54) is 0 Å². The molecule has 1 fully saturated rings. The number of amides is 1. The molecule has 1 aliphatic rings. The molecule has 2 atom stereocenters. The summed E-state index contributed by atoms with van der Waals surface area (Å²) in [5, 5.41) is 11.5. The molecule has 8 nitrogen and oxygen atoms in total. The molecule has 3 aromatic rings. The molecular weight excluding hydrogens is 336 g/mol. The number of carbonyl (C=O) groups excluding carboxylic acids is 1. The third-order valence-electron chi connectivity index (χ3n) is 4.85. The molecule has 3 heterocycles. The minimum atomic E-state index is -0.165. The number of nitrogens with one attached hydrogen (secondary N) is 1. The minimum absolute atomic E-state index is 0.0297. The van der Waals surface area contributed by atoms with Gasteiger partial charge in [0, 0.05) is 38.3 Å². The molecule has 0 saturated carbocycles.